The molecular formula is C13H14O5. The molecule has 0 saturated heterocycles. The molecule has 0 aliphatic carbocycles. The fraction of sp³-hybridized carbons (Fsp3) is 0.308. The summed E-state index contributed by atoms with van der Waals surface area (Å²) in [6.07, 6.45) is -0.104. The number of carbonyl (C=O) groups is 3. The third-order valence-corrected chi connectivity index (χ3v) is 2.67. The highest BCUT2D eigenvalue weighted by molar-refractivity contribution is 5.95. The molecule has 0 aliphatic heterocycles. The Morgan fingerprint density at radius 1 is 1.06 bits per heavy atom. The fourth-order valence-corrected chi connectivity index (χ4v) is 1.89. The lowest BCUT2D eigenvalue weighted by Gasteiger charge is -2.20. The third-order valence-electron chi connectivity index (χ3n) is 2.67. The molecule has 0 bridgehead atoms. The summed E-state index contributed by atoms with van der Waals surface area (Å²) in [5.41, 5.74) is 0.544. The van der Waals surface area contributed by atoms with Gasteiger partial charge in [-0.05, 0) is 12.5 Å². The zero-order valence-corrected chi connectivity index (χ0v) is 9.87. The van der Waals surface area contributed by atoms with Crippen LogP contribution in [0.2, 0.25) is 0 Å². The summed E-state index contributed by atoms with van der Waals surface area (Å²) in [5, 5.41) is 18.0. The minimum atomic E-state index is -1.61. The molecule has 96 valence electrons. The lowest BCUT2D eigenvalue weighted by atomic mass is 9.82. The second kappa shape index (κ2) is 5.95. The first-order valence-electron chi connectivity index (χ1n) is 5.43. The van der Waals surface area contributed by atoms with Gasteiger partial charge in [0.25, 0.3) is 0 Å². The van der Waals surface area contributed by atoms with Gasteiger partial charge in [0.1, 0.15) is 5.78 Å². The van der Waals surface area contributed by atoms with Gasteiger partial charge in [-0.1, -0.05) is 30.3 Å². The summed E-state index contributed by atoms with van der Waals surface area (Å²) in [7, 11) is 0. The monoisotopic (exact) mass is 250 g/mol. The van der Waals surface area contributed by atoms with E-state index in [1.807, 2.05) is 0 Å². The van der Waals surface area contributed by atoms with Crippen molar-refractivity contribution in [2.75, 3.05) is 0 Å². The van der Waals surface area contributed by atoms with Crippen LogP contribution >= 0.6 is 0 Å². The van der Waals surface area contributed by atoms with Gasteiger partial charge < -0.3 is 15.0 Å². The minimum absolute atomic E-state index is 0.104. The zero-order valence-electron chi connectivity index (χ0n) is 9.87. The standard InChI is InChI=1S/C13H14O5/c1-8(14)7-10(9-5-3-2-4-6-9)11(12(15)16)13(17)18/h2-6,10-11H,7H2,1H3,(H,15,16)(H,17,18). The van der Waals surface area contributed by atoms with E-state index < -0.39 is 23.8 Å². The summed E-state index contributed by atoms with van der Waals surface area (Å²) >= 11 is 0. The van der Waals surface area contributed by atoms with Crippen molar-refractivity contribution >= 4 is 17.7 Å². The van der Waals surface area contributed by atoms with Crippen molar-refractivity contribution in [1.82, 2.24) is 0 Å². The summed E-state index contributed by atoms with van der Waals surface area (Å²) in [4.78, 5) is 33.3. The quantitative estimate of drug-likeness (QED) is 0.747. The Kier molecular flexibility index (Phi) is 4.59. The second-order valence-electron chi connectivity index (χ2n) is 4.08. The summed E-state index contributed by atoms with van der Waals surface area (Å²) in [6, 6.07) is 8.37. The number of carboxylic acids is 2. The van der Waals surface area contributed by atoms with Crippen molar-refractivity contribution in [1.29, 1.82) is 0 Å². The smallest absolute Gasteiger partial charge is 0.318 e. The lowest BCUT2D eigenvalue weighted by Crippen LogP contribution is -2.31. The molecule has 1 aromatic carbocycles. The summed E-state index contributed by atoms with van der Waals surface area (Å²) in [5.74, 6) is -5.57. The highest BCUT2D eigenvalue weighted by atomic mass is 16.4. The number of Topliss-reactive ketones (excluding diaryl/α,β-unsaturated/α-hetero) is 1. The van der Waals surface area contributed by atoms with Crippen molar-refractivity contribution in [3.63, 3.8) is 0 Å². The van der Waals surface area contributed by atoms with E-state index in [2.05, 4.69) is 0 Å². The van der Waals surface area contributed by atoms with Gasteiger partial charge >= 0.3 is 11.9 Å². The van der Waals surface area contributed by atoms with Gasteiger partial charge in [0, 0.05) is 12.3 Å². The number of benzene rings is 1. The van der Waals surface area contributed by atoms with Crippen LogP contribution in [0.15, 0.2) is 30.3 Å². The Morgan fingerprint density at radius 2 is 1.56 bits per heavy atom. The number of hydrogen-bond donors (Lipinski definition) is 2. The van der Waals surface area contributed by atoms with E-state index in [0.717, 1.165) is 0 Å². The number of aliphatic carboxylic acids is 2. The van der Waals surface area contributed by atoms with Crippen molar-refractivity contribution in [2.24, 2.45) is 5.92 Å². The van der Waals surface area contributed by atoms with Crippen molar-refractivity contribution < 1.29 is 24.6 Å². The average molecular weight is 250 g/mol. The molecule has 0 radical (unpaired) electrons. The van der Waals surface area contributed by atoms with Crippen molar-refractivity contribution in [2.45, 2.75) is 19.3 Å². The van der Waals surface area contributed by atoms with Crippen LogP contribution in [0.3, 0.4) is 0 Å². The molecule has 18 heavy (non-hydrogen) atoms. The van der Waals surface area contributed by atoms with Gasteiger partial charge in [-0.2, -0.15) is 0 Å². The molecule has 0 spiro atoms. The van der Waals surface area contributed by atoms with Gasteiger partial charge in [0.05, 0.1) is 0 Å². The first kappa shape index (κ1) is 13.9. The lowest BCUT2D eigenvalue weighted by molar-refractivity contribution is -0.155. The van der Waals surface area contributed by atoms with Gasteiger partial charge in [0.15, 0.2) is 5.92 Å². The predicted octanol–water partition coefficient (Wildman–Crippen LogP) is 1.53. The van der Waals surface area contributed by atoms with Crippen molar-refractivity contribution in [3.8, 4) is 0 Å². The van der Waals surface area contributed by atoms with E-state index in [4.69, 9.17) is 10.2 Å². The molecule has 5 nitrogen and oxygen atoms in total. The molecule has 1 unspecified atom stereocenters. The second-order valence-corrected chi connectivity index (χ2v) is 4.08. The summed E-state index contributed by atoms with van der Waals surface area (Å²) < 4.78 is 0. The SMILES string of the molecule is CC(=O)CC(c1ccccc1)C(C(=O)O)C(=O)O. The molecule has 1 aromatic rings. The molecule has 5 heteroatoms. The molecule has 0 aliphatic rings. The van der Waals surface area contributed by atoms with Crippen LogP contribution in [0, 0.1) is 5.92 Å². The van der Waals surface area contributed by atoms with E-state index in [9.17, 15) is 14.4 Å². The Labute approximate surface area is 104 Å². The van der Waals surface area contributed by atoms with Crippen LogP contribution in [0.1, 0.15) is 24.8 Å². The largest absolute Gasteiger partial charge is 0.481 e. The Morgan fingerprint density at radius 3 is 1.94 bits per heavy atom. The predicted molar refractivity (Wildman–Crippen MR) is 63.2 cm³/mol. The molecule has 1 atom stereocenters. The molecule has 2 N–H and O–H groups in total. The van der Waals surface area contributed by atoms with Crippen LogP contribution in [-0.4, -0.2) is 27.9 Å². The topological polar surface area (TPSA) is 91.7 Å². The molecule has 0 aromatic heterocycles. The van der Waals surface area contributed by atoms with Gasteiger partial charge in [-0.25, -0.2) is 0 Å². The zero-order chi connectivity index (χ0) is 13.7. The molecular weight excluding hydrogens is 236 g/mol. The Hall–Kier alpha value is -2.17. The molecule has 0 fully saturated rings. The third kappa shape index (κ3) is 3.41. The maximum atomic E-state index is 11.2. The first-order chi connectivity index (χ1) is 8.43. The number of rotatable bonds is 6. The molecule has 0 saturated carbocycles. The van der Waals surface area contributed by atoms with Gasteiger partial charge in [-0.3, -0.25) is 9.59 Å². The highest BCUT2D eigenvalue weighted by Crippen LogP contribution is 2.29. The van der Waals surface area contributed by atoms with E-state index in [1.165, 1.54) is 6.92 Å². The molecule has 0 amide bonds. The van der Waals surface area contributed by atoms with E-state index in [0.29, 0.717) is 5.56 Å². The molecule has 0 heterocycles. The maximum Gasteiger partial charge on any atom is 0.318 e. The van der Waals surface area contributed by atoms with Crippen LogP contribution in [0.4, 0.5) is 0 Å². The first-order valence-corrected chi connectivity index (χ1v) is 5.43. The average Bonchev–Trinajstić information content (AvgIpc) is 2.27. The Bertz CT molecular complexity index is 438. The number of ketones is 1. The number of carbonyl (C=O) groups excluding carboxylic acids is 1. The van der Waals surface area contributed by atoms with Crippen LogP contribution in [0.25, 0.3) is 0 Å². The van der Waals surface area contributed by atoms with Gasteiger partial charge in [-0.15, -0.1) is 0 Å². The van der Waals surface area contributed by atoms with Crippen LogP contribution in [-0.2, 0) is 14.4 Å². The van der Waals surface area contributed by atoms with Crippen LogP contribution in [0.5, 0.6) is 0 Å². The number of hydrogen-bond acceptors (Lipinski definition) is 3. The van der Waals surface area contributed by atoms with Crippen LogP contribution < -0.4 is 0 Å². The van der Waals surface area contributed by atoms with Crippen molar-refractivity contribution in [3.05, 3.63) is 35.9 Å². The number of carboxylic acid groups (broad SMARTS) is 2. The molecule has 1 rings (SSSR count). The van der Waals surface area contributed by atoms with Gasteiger partial charge in [0.2, 0.25) is 0 Å². The fourth-order valence-electron chi connectivity index (χ4n) is 1.89. The maximum absolute atomic E-state index is 11.2. The highest BCUT2D eigenvalue weighted by Gasteiger charge is 2.36. The normalized spacial score (nSPS) is 12.1. The Balaban J connectivity index is 3.15. The minimum Gasteiger partial charge on any atom is -0.481 e. The summed E-state index contributed by atoms with van der Waals surface area (Å²) in [6.45, 7) is 1.32. The van der Waals surface area contributed by atoms with E-state index in [1.54, 1.807) is 30.3 Å². The van der Waals surface area contributed by atoms with E-state index >= 15 is 0 Å². The van der Waals surface area contributed by atoms with E-state index in [-0.39, 0.29) is 12.2 Å².